The Hall–Kier alpha value is -2.04. The minimum absolute atomic E-state index is 0.199. The van der Waals surface area contributed by atoms with Crippen LogP contribution in [-0.4, -0.2) is 25.2 Å². The van der Waals surface area contributed by atoms with Crippen molar-refractivity contribution in [3.05, 3.63) is 65.2 Å². The molecule has 0 spiro atoms. The first-order chi connectivity index (χ1) is 12.2. The summed E-state index contributed by atoms with van der Waals surface area (Å²) >= 11 is 5.92. The number of nitrogens with one attached hydrogen (secondary N) is 3. The van der Waals surface area contributed by atoms with Gasteiger partial charge in [0.15, 0.2) is 0 Å². The third-order valence-corrected chi connectivity index (χ3v) is 4.81. The van der Waals surface area contributed by atoms with E-state index < -0.39 is 0 Å². The molecule has 0 saturated carbocycles. The first-order valence-electron chi connectivity index (χ1n) is 8.77. The molecule has 1 fully saturated rings. The molecule has 2 atom stereocenters. The van der Waals surface area contributed by atoms with Gasteiger partial charge in [-0.1, -0.05) is 48.0 Å². The van der Waals surface area contributed by atoms with Crippen LogP contribution in [0.5, 0.6) is 0 Å². The normalized spacial score (nSPS) is 20.0. The third kappa shape index (κ3) is 5.76. The van der Waals surface area contributed by atoms with Gasteiger partial charge >= 0.3 is 6.03 Å². The van der Waals surface area contributed by atoms with Gasteiger partial charge in [0.1, 0.15) is 0 Å². The molecule has 132 valence electrons. The second kappa shape index (κ2) is 8.88. The highest BCUT2D eigenvalue weighted by molar-refractivity contribution is 6.30. The summed E-state index contributed by atoms with van der Waals surface area (Å²) in [5.41, 5.74) is 2.09. The largest absolute Gasteiger partial charge is 0.336 e. The summed E-state index contributed by atoms with van der Waals surface area (Å²) in [7, 11) is 0. The average Bonchev–Trinajstić information content (AvgIpc) is 2.62. The maximum Gasteiger partial charge on any atom is 0.319 e. The first-order valence-corrected chi connectivity index (χ1v) is 9.14. The molecule has 25 heavy (non-hydrogen) atoms. The van der Waals surface area contributed by atoms with Crippen molar-refractivity contribution in [1.29, 1.82) is 0 Å². The predicted octanol–water partition coefficient (Wildman–Crippen LogP) is 4.07. The van der Waals surface area contributed by atoms with Crippen molar-refractivity contribution < 1.29 is 4.79 Å². The van der Waals surface area contributed by atoms with Crippen LogP contribution in [0.1, 0.15) is 18.4 Å². The number of amides is 2. The number of urea groups is 1. The van der Waals surface area contributed by atoms with E-state index in [-0.39, 0.29) is 6.03 Å². The van der Waals surface area contributed by atoms with Gasteiger partial charge in [0, 0.05) is 23.3 Å². The molecule has 0 aromatic heterocycles. The number of hydrogen-bond acceptors (Lipinski definition) is 2. The lowest BCUT2D eigenvalue weighted by atomic mass is 9.89. The zero-order valence-electron chi connectivity index (χ0n) is 14.2. The van der Waals surface area contributed by atoms with Crippen LogP contribution in [0.25, 0.3) is 0 Å². The summed E-state index contributed by atoms with van der Waals surface area (Å²) in [5, 5.41) is 9.89. The summed E-state index contributed by atoms with van der Waals surface area (Å²) in [6.45, 7) is 1.63. The monoisotopic (exact) mass is 357 g/mol. The molecule has 1 aliphatic rings. The van der Waals surface area contributed by atoms with Crippen molar-refractivity contribution in [2.24, 2.45) is 5.92 Å². The van der Waals surface area contributed by atoms with E-state index in [1.165, 1.54) is 12.0 Å². The Kier molecular flexibility index (Phi) is 6.31. The van der Waals surface area contributed by atoms with Crippen LogP contribution in [0.3, 0.4) is 0 Å². The van der Waals surface area contributed by atoms with Gasteiger partial charge in [0.25, 0.3) is 0 Å². The second-order valence-corrected chi connectivity index (χ2v) is 7.02. The molecule has 2 aromatic rings. The predicted molar refractivity (Wildman–Crippen MR) is 103 cm³/mol. The highest BCUT2D eigenvalue weighted by Gasteiger charge is 2.21. The summed E-state index contributed by atoms with van der Waals surface area (Å²) in [6, 6.07) is 17.9. The molecule has 4 nitrogen and oxygen atoms in total. The van der Waals surface area contributed by atoms with E-state index in [4.69, 9.17) is 11.6 Å². The molecule has 0 unspecified atom stereocenters. The van der Waals surface area contributed by atoms with Crippen LogP contribution in [-0.2, 0) is 6.42 Å². The molecular formula is C20H24ClN3O. The van der Waals surface area contributed by atoms with Crippen LogP contribution in [0.2, 0.25) is 5.02 Å². The number of carbonyl (C=O) groups is 1. The van der Waals surface area contributed by atoms with Gasteiger partial charge in [-0.3, -0.25) is 0 Å². The number of benzene rings is 2. The molecule has 0 radical (unpaired) electrons. The van der Waals surface area contributed by atoms with Gasteiger partial charge in [-0.05, 0) is 55.5 Å². The SMILES string of the molecule is O=C(NC[C@H]1CC[C@@H](Cc2ccccc2)CN1)Nc1cccc(Cl)c1. The molecule has 1 heterocycles. The number of hydrogen-bond donors (Lipinski definition) is 3. The van der Waals surface area contributed by atoms with Crippen molar-refractivity contribution in [3.8, 4) is 0 Å². The standard InChI is InChI=1S/C20H24ClN3O/c21-17-7-4-8-18(12-17)24-20(25)23-14-19-10-9-16(13-22-19)11-15-5-2-1-3-6-15/h1-8,12,16,19,22H,9-11,13-14H2,(H2,23,24,25)/t16-,19+/m0/s1. The molecule has 2 amide bonds. The number of anilines is 1. The van der Waals surface area contributed by atoms with E-state index in [2.05, 4.69) is 46.3 Å². The van der Waals surface area contributed by atoms with Crippen molar-refractivity contribution in [1.82, 2.24) is 10.6 Å². The highest BCUT2D eigenvalue weighted by Crippen LogP contribution is 2.19. The molecule has 3 rings (SSSR count). The van der Waals surface area contributed by atoms with Gasteiger partial charge in [0.2, 0.25) is 0 Å². The summed E-state index contributed by atoms with van der Waals surface area (Å²) < 4.78 is 0. The van der Waals surface area contributed by atoms with Crippen LogP contribution in [0.15, 0.2) is 54.6 Å². The Labute approximate surface area is 154 Å². The summed E-state index contributed by atoms with van der Waals surface area (Å²) in [5.74, 6) is 0.666. The van der Waals surface area contributed by atoms with E-state index in [1.807, 2.05) is 12.1 Å². The second-order valence-electron chi connectivity index (χ2n) is 6.58. The lowest BCUT2D eigenvalue weighted by molar-refractivity contribution is 0.247. The van der Waals surface area contributed by atoms with Gasteiger partial charge in [0.05, 0.1) is 0 Å². The zero-order valence-corrected chi connectivity index (χ0v) is 14.9. The lowest BCUT2D eigenvalue weighted by Gasteiger charge is -2.30. The average molecular weight is 358 g/mol. The first kappa shape index (κ1) is 17.8. The van der Waals surface area contributed by atoms with E-state index in [9.17, 15) is 4.79 Å². The molecule has 0 aliphatic carbocycles. The maximum absolute atomic E-state index is 12.0. The fourth-order valence-corrected chi connectivity index (χ4v) is 3.42. The van der Waals surface area contributed by atoms with Crippen LogP contribution in [0.4, 0.5) is 10.5 Å². The van der Waals surface area contributed by atoms with Gasteiger partial charge in [-0.15, -0.1) is 0 Å². The lowest BCUT2D eigenvalue weighted by Crippen LogP contribution is -2.47. The van der Waals surface area contributed by atoms with E-state index >= 15 is 0 Å². The van der Waals surface area contributed by atoms with Crippen molar-refractivity contribution >= 4 is 23.3 Å². The Balaban J connectivity index is 1.37. The van der Waals surface area contributed by atoms with Gasteiger partial charge in [-0.25, -0.2) is 4.79 Å². The summed E-state index contributed by atoms with van der Waals surface area (Å²) in [4.78, 5) is 12.0. The van der Waals surface area contributed by atoms with E-state index in [0.717, 1.165) is 19.4 Å². The fourth-order valence-electron chi connectivity index (χ4n) is 3.23. The molecule has 3 N–H and O–H groups in total. The minimum Gasteiger partial charge on any atom is -0.336 e. The van der Waals surface area contributed by atoms with Gasteiger partial charge < -0.3 is 16.0 Å². The highest BCUT2D eigenvalue weighted by atomic mass is 35.5. The van der Waals surface area contributed by atoms with E-state index in [1.54, 1.807) is 12.1 Å². The number of rotatable bonds is 5. The maximum atomic E-state index is 12.0. The summed E-state index contributed by atoms with van der Waals surface area (Å²) in [6.07, 6.45) is 3.38. The number of carbonyl (C=O) groups excluding carboxylic acids is 1. The van der Waals surface area contributed by atoms with Crippen molar-refractivity contribution in [2.75, 3.05) is 18.4 Å². The molecule has 0 bridgehead atoms. The Bertz CT molecular complexity index is 684. The molecule has 5 heteroatoms. The van der Waals surface area contributed by atoms with Crippen molar-refractivity contribution in [3.63, 3.8) is 0 Å². The molecule has 1 aliphatic heterocycles. The number of piperidine rings is 1. The fraction of sp³-hybridized carbons (Fsp3) is 0.350. The minimum atomic E-state index is -0.199. The Morgan fingerprint density at radius 1 is 1.12 bits per heavy atom. The van der Waals surface area contributed by atoms with Crippen LogP contribution < -0.4 is 16.0 Å². The smallest absolute Gasteiger partial charge is 0.319 e. The molecular weight excluding hydrogens is 334 g/mol. The quantitative estimate of drug-likeness (QED) is 0.755. The number of halogens is 1. The third-order valence-electron chi connectivity index (χ3n) is 4.58. The zero-order chi connectivity index (χ0) is 17.5. The Morgan fingerprint density at radius 2 is 1.96 bits per heavy atom. The van der Waals surface area contributed by atoms with Gasteiger partial charge in [-0.2, -0.15) is 0 Å². The topological polar surface area (TPSA) is 53.2 Å². The van der Waals surface area contributed by atoms with Crippen molar-refractivity contribution in [2.45, 2.75) is 25.3 Å². The molecule has 2 aromatic carbocycles. The Morgan fingerprint density at radius 3 is 2.68 bits per heavy atom. The van der Waals surface area contributed by atoms with Crippen LogP contribution >= 0.6 is 11.6 Å². The van der Waals surface area contributed by atoms with Crippen LogP contribution in [0, 0.1) is 5.92 Å². The molecule has 1 saturated heterocycles. The van der Waals surface area contributed by atoms with E-state index in [0.29, 0.717) is 29.2 Å².